The van der Waals surface area contributed by atoms with Crippen LogP contribution in [0.1, 0.15) is 51.0 Å². The number of nitrogens with zero attached hydrogens (tertiary/aromatic N) is 1. The molecular weight excluding hydrogens is 264 g/mol. The Bertz CT molecular complexity index is 340. The molecule has 2 unspecified atom stereocenters. The summed E-state index contributed by atoms with van der Waals surface area (Å²) in [6, 6.07) is 4.59. The number of nitrogens with two attached hydrogens (primary N) is 1. The van der Waals surface area contributed by atoms with Gasteiger partial charge in [-0.1, -0.05) is 38.8 Å². The SMILES string of the molecule is CCCCN(CC)C(c1ccc(Cl)s1)C(N)CC. The van der Waals surface area contributed by atoms with Crippen LogP contribution < -0.4 is 5.73 Å². The van der Waals surface area contributed by atoms with Gasteiger partial charge >= 0.3 is 0 Å². The normalized spacial score (nSPS) is 15.0. The van der Waals surface area contributed by atoms with Gasteiger partial charge in [0.1, 0.15) is 0 Å². The average molecular weight is 289 g/mol. The zero-order valence-electron chi connectivity index (χ0n) is 11.7. The first kappa shape index (κ1) is 16.0. The van der Waals surface area contributed by atoms with Gasteiger partial charge in [-0.05, 0) is 38.1 Å². The van der Waals surface area contributed by atoms with Gasteiger partial charge in [0.25, 0.3) is 0 Å². The molecule has 0 aliphatic rings. The highest BCUT2D eigenvalue weighted by atomic mass is 35.5. The summed E-state index contributed by atoms with van der Waals surface area (Å²) >= 11 is 7.72. The van der Waals surface area contributed by atoms with Gasteiger partial charge in [-0.25, -0.2) is 0 Å². The maximum absolute atomic E-state index is 6.33. The molecule has 1 aromatic heterocycles. The second-order valence-corrected chi connectivity index (χ2v) is 6.39. The van der Waals surface area contributed by atoms with E-state index in [-0.39, 0.29) is 6.04 Å². The fraction of sp³-hybridized carbons (Fsp3) is 0.714. The minimum atomic E-state index is 0.177. The van der Waals surface area contributed by atoms with Crippen LogP contribution in [0.2, 0.25) is 4.34 Å². The van der Waals surface area contributed by atoms with Crippen LogP contribution in [0.25, 0.3) is 0 Å². The topological polar surface area (TPSA) is 29.3 Å². The van der Waals surface area contributed by atoms with E-state index in [0.717, 1.165) is 23.8 Å². The van der Waals surface area contributed by atoms with E-state index in [1.54, 1.807) is 11.3 Å². The molecule has 0 spiro atoms. The maximum atomic E-state index is 6.33. The number of hydrogen-bond acceptors (Lipinski definition) is 3. The predicted molar refractivity (Wildman–Crippen MR) is 82.5 cm³/mol. The van der Waals surface area contributed by atoms with Crippen molar-refractivity contribution in [3.8, 4) is 0 Å². The van der Waals surface area contributed by atoms with Crippen molar-refractivity contribution in [1.82, 2.24) is 4.90 Å². The van der Waals surface area contributed by atoms with Gasteiger partial charge < -0.3 is 5.73 Å². The van der Waals surface area contributed by atoms with Crippen molar-refractivity contribution in [2.24, 2.45) is 5.73 Å². The highest BCUT2D eigenvalue weighted by molar-refractivity contribution is 7.16. The van der Waals surface area contributed by atoms with Crippen molar-refractivity contribution in [3.05, 3.63) is 21.3 Å². The monoisotopic (exact) mass is 288 g/mol. The molecule has 18 heavy (non-hydrogen) atoms. The third-order valence-electron chi connectivity index (χ3n) is 3.36. The standard InChI is InChI=1S/C14H25ClN2S/c1-4-7-10-17(6-3)14(11(16)5-2)12-8-9-13(15)18-12/h8-9,11,14H,4-7,10,16H2,1-3H3. The first-order valence-electron chi connectivity index (χ1n) is 6.88. The van der Waals surface area contributed by atoms with Crippen LogP contribution in [0, 0.1) is 0 Å². The van der Waals surface area contributed by atoms with E-state index < -0.39 is 0 Å². The van der Waals surface area contributed by atoms with Gasteiger partial charge in [0.15, 0.2) is 0 Å². The van der Waals surface area contributed by atoms with Crippen molar-refractivity contribution in [2.45, 2.75) is 52.1 Å². The molecule has 1 aromatic rings. The van der Waals surface area contributed by atoms with E-state index in [9.17, 15) is 0 Å². The van der Waals surface area contributed by atoms with E-state index in [4.69, 9.17) is 17.3 Å². The summed E-state index contributed by atoms with van der Waals surface area (Å²) in [5.41, 5.74) is 6.33. The van der Waals surface area contributed by atoms with Crippen LogP contribution in [0.3, 0.4) is 0 Å². The zero-order chi connectivity index (χ0) is 13.5. The van der Waals surface area contributed by atoms with Crippen molar-refractivity contribution < 1.29 is 0 Å². The summed E-state index contributed by atoms with van der Waals surface area (Å²) in [6.45, 7) is 8.74. The summed E-state index contributed by atoms with van der Waals surface area (Å²) in [4.78, 5) is 3.78. The van der Waals surface area contributed by atoms with Gasteiger partial charge in [0.05, 0.1) is 10.4 Å². The Morgan fingerprint density at radius 1 is 1.33 bits per heavy atom. The molecule has 0 aromatic carbocycles. The molecule has 1 heterocycles. The molecule has 0 fully saturated rings. The van der Waals surface area contributed by atoms with Crippen LogP contribution in [0.4, 0.5) is 0 Å². The first-order valence-corrected chi connectivity index (χ1v) is 8.08. The minimum absolute atomic E-state index is 0.177. The van der Waals surface area contributed by atoms with Gasteiger partial charge in [-0.2, -0.15) is 0 Å². The van der Waals surface area contributed by atoms with Crippen LogP contribution in [0.15, 0.2) is 12.1 Å². The Labute approximate surface area is 120 Å². The number of halogens is 1. The fourth-order valence-corrected chi connectivity index (χ4v) is 3.50. The molecule has 0 amide bonds. The van der Waals surface area contributed by atoms with Gasteiger partial charge in [0.2, 0.25) is 0 Å². The number of rotatable bonds is 8. The first-order chi connectivity index (χ1) is 8.63. The molecule has 2 N–H and O–H groups in total. The van der Waals surface area contributed by atoms with E-state index in [2.05, 4.69) is 31.7 Å². The lowest BCUT2D eigenvalue weighted by Gasteiger charge is -2.34. The van der Waals surface area contributed by atoms with Crippen LogP contribution in [-0.4, -0.2) is 24.0 Å². The summed E-state index contributed by atoms with van der Waals surface area (Å²) in [5, 5.41) is 0. The van der Waals surface area contributed by atoms with Crippen molar-refractivity contribution >= 4 is 22.9 Å². The highest BCUT2D eigenvalue weighted by Gasteiger charge is 2.25. The lowest BCUT2D eigenvalue weighted by molar-refractivity contribution is 0.178. The summed E-state index contributed by atoms with van der Waals surface area (Å²) in [7, 11) is 0. The van der Waals surface area contributed by atoms with Crippen LogP contribution >= 0.6 is 22.9 Å². The third-order valence-corrected chi connectivity index (χ3v) is 4.66. The van der Waals surface area contributed by atoms with Gasteiger partial charge in [-0.15, -0.1) is 11.3 Å². The lowest BCUT2D eigenvalue weighted by Crippen LogP contribution is -2.40. The molecule has 0 aliphatic heterocycles. The molecule has 2 nitrogen and oxygen atoms in total. The lowest BCUT2D eigenvalue weighted by atomic mass is 10.0. The summed E-state index contributed by atoms with van der Waals surface area (Å²) < 4.78 is 0.852. The molecule has 104 valence electrons. The Morgan fingerprint density at radius 2 is 2.06 bits per heavy atom. The fourth-order valence-electron chi connectivity index (χ4n) is 2.23. The maximum Gasteiger partial charge on any atom is 0.0931 e. The Balaban J connectivity index is 2.88. The second-order valence-electron chi connectivity index (χ2n) is 4.64. The van der Waals surface area contributed by atoms with E-state index in [1.165, 1.54) is 17.7 Å². The van der Waals surface area contributed by atoms with E-state index >= 15 is 0 Å². The second kappa shape index (κ2) is 8.16. The molecule has 0 saturated carbocycles. The Hall–Kier alpha value is -0.0900. The van der Waals surface area contributed by atoms with E-state index in [1.807, 2.05) is 6.07 Å². The van der Waals surface area contributed by atoms with Crippen molar-refractivity contribution in [2.75, 3.05) is 13.1 Å². The zero-order valence-corrected chi connectivity index (χ0v) is 13.2. The molecule has 0 radical (unpaired) electrons. The largest absolute Gasteiger partial charge is 0.326 e. The molecule has 4 heteroatoms. The van der Waals surface area contributed by atoms with Crippen LogP contribution in [-0.2, 0) is 0 Å². The highest BCUT2D eigenvalue weighted by Crippen LogP contribution is 2.33. The molecule has 0 bridgehead atoms. The summed E-state index contributed by atoms with van der Waals surface area (Å²) in [5.74, 6) is 0. The molecular formula is C14H25ClN2S. The van der Waals surface area contributed by atoms with E-state index in [0.29, 0.717) is 6.04 Å². The molecule has 1 rings (SSSR count). The van der Waals surface area contributed by atoms with Crippen molar-refractivity contribution in [1.29, 1.82) is 0 Å². The number of thiophene rings is 1. The number of likely N-dealkylation sites (N-methyl/N-ethyl adjacent to an activating group) is 1. The summed E-state index contributed by atoms with van der Waals surface area (Å²) in [6.07, 6.45) is 3.43. The third kappa shape index (κ3) is 4.23. The minimum Gasteiger partial charge on any atom is -0.326 e. The quantitative estimate of drug-likeness (QED) is 0.773. The van der Waals surface area contributed by atoms with Crippen molar-refractivity contribution in [3.63, 3.8) is 0 Å². The van der Waals surface area contributed by atoms with Crippen LogP contribution in [0.5, 0.6) is 0 Å². The van der Waals surface area contributed by atoms with Gasteiger partial charge in [0, 0.05) is 10.9 Å². The Kier molecular flexibility index (Phi) is 7.23. The predicted octanol–water partition coefficient (Wildman–Crippen LogP) is 4.30. The molecule has 0 saturated heterocycles. The number of unbranched alkanes of at least 4 members (excludes halogenated alkanes) is 1. The molecule has 2 atom stereocenters. The Morgan fingerprint density at radius 3 is 2.50 bits per heavy atom. The molecule has 0 aliphatic carbocycles. The number of hydrogen-bond donors (Lipinski definition) is 1. The van der Waals surface area contributed by atoms with Gasteiger partial charge in [-0.3, -0.25) is 4.90 Å². The smallest absolute Gasteiger partial charge is 0.0931 e. The average Bonchev–Trinajstić information content (AvgIpc) is 2.79.